The lowest BCUT2D eigenvalue weighted by Gasteiger charge is -2.15. The molecule has 4 heteroatoms. The first-order valence-corrected chi connectivity index (χ1v) is 9.55. The van der Waals surface area contributed by atoms with E-state index < -0.39 is 6.10 Å². The van der Waals surface area contributed by atoms with E-state index in [1.807, 2.05) is 84.9 Å². The van der Waals surface area contributed by atoms with Crippen molar-refractivity contribution in [1.82, 2.24) is 0 Å². The summed E-state index contributed by atoms with van der Waals surface area (Å²) >= 11 is 0. The summed E-state index contributed by atoms with van der Waals surface area (Å²) in [6.07, 6.45) is -0.637. The van der Waals surface area contributed by atoms with Gasteiger partial charge in [0.25, 0.3) is 5.91 Å². The van der Waals surface area contributed by atoms with Gasteiger partial charge in [0.05, 0.1) is 0 Å². The number of furan rings is 1. The second-order valence-electron chi connectivity index (χ2n) is 7.07. The van der Waals surface area contributed by atoms with E-state index >= 15 is 0 Å². The van der Waals surface area contributed by atoms with Crippen LogP contribution in [0.15, 0.2) is 89.3 Å². The summed E-state index contributed by atoms with van der Waals surface area (Å²) in [4.78, 5) is 12.6. The zero-order valence-corrected chi connectivity index (χ0v) is 15.9. The van der Waals surface area contributed by atoms with Crippen LogP contribution in [-0.2, 0) is 4.79 Å². The van der Waals surface area contributed by atoms with Crippen molar-refractivity contribution >= 4 is 44.3 Å². The highest BCUT2D eigenvalue weighted by atomic mass is 16.5. The number of nitrogens with one attached hydrogen (secondary N) is 1. The third-order valence-electron chi connectivity index (χ3n) is 5.05. The Labute approximate surface area is 167 Å². The highest BCUT2D eigenvalue weighted by Gasteiger charge is 2.16. The SMILES string of the molecule is C[C@H](Oc1ccc2ccccc2c1)C(=O)Nc1ccc2c(c1)oc1ccccc12. The quantitative estimate of drug-likeness (QED) is 0.406. The van der Waals surface area contributed by atoms with Gasteiger partial charge in [-0.3, -0.25) is 4.79 Å². The zero-order chi connectivity index (χ0) is 19.8. The molecule has 0 saturated heterocycles. The third kappa shape index (κ3) is 3.29. The van der Waals surface area contributed by atoms with E-state index in [1.54, 1.807) is 6.92 Å². The first-order valence-electron chi connectivity index (χ1n) is 9.55. The topological polar surface area (TPSA) is 51.5 Å². The molecule has 0 saturated carbocycles. The number of rotatable bonds is 4. The van der Waals surface area contributed by atoms with Crippen LogP contribution >= 0.6 is 0 Å². The van der Waals surface area contributed by atoms with Gasteiger partial charge in [-0.25, -0.2) is 0 Å². The molecule has 0 unspecified atom stereocenters. The van der Waals surface area contributed by atoms with Gasteiger partial charge in [-0.05, 0) is 48.0 Å². The van der Waals surface area contributed by atoms with Crippen LogP contribution in [0.4, 0.5) is 5.69 Å². The third-order valence-corrected chi connectivity index (χ3v) is 5.05. The number of anilines is 1. The van der Waals surface area contributed by atoms with Crippen LogP contribution in [0.2, 0.25) is 0 Å². The number of hydrogen-bond donors (Lipinski definition) is 1. The molecule has 4 aromatic carbocycles. The first kappa shape index (κ1) is 17.3. The number of fused-ring (bicyclic) bond motifs is 4. The van der Waals surface area contributed by atoms with E-state index in [-0.39, 0.29) is 5.91 Å². The minimum absolute atomic E-state index is 0.214. The highest BCUT2D eigenvalue weighted by Crippen LogP contribution is 2.30. The van der Waals surface area contributed by atoms with E-state index in [9.17, 15) is 4.79 Å². The predicted molar refractivity (Wildman–Crippen MR) is 116 cm³/mol. The van der Waals surface area contributed by atoms with E-state index in [4.69, 9.17) is 9.15 Å². The molecule has 0 radical (unpaired) electrons. The van der Waals surface area contributed by atoms with Crippen molar-refractivity contribution in [2.75, 3.05) is 5.32 Å². The molecule has 5 rings (SSSR count). The Balaban J connectivity index is 1.33. The fourth-order valence-corrected chi connectivity index (χ4v) is 3.55. The van der Waals surface area contributed by atoms with Crippen LogP contribution in [0.25, 0.3) is 32.7 Å². The Kier molecular flexibility index (Phi) is 4.17. The maximum absolute atomic E-state index is 12.6. The Morgan fingerprint density at radius 1 is 0.828 bits per heavy atom. The monoisotopic (exact) mass is 381 g/mol. The van der Waals surface area contributed by atoms with Gasteiger partial charge in [-0.15, -0.1) is 0 Å². The van der Waals surface area contributed by atoms with Gasteiger partial charge in [0.15, 0.2) is 6.10 Å². The summed E-state index contributed by atoms with van der Waals surface area (Å²) in [5.41, 5.74) is 2.25. The van der Waals surface area contributed by atoms with Crippen LogP contribution in [0.1, 0.15) is 6.92 Å². The minimum Gasteiger partial charge on any atom is -0.481 e. The molecule has 0 spiro atoms. The van der Waals surface area contributed by atoms with Crippen LogP contribution in [0, 0.1) is 0 Å². The van der Waals surface area contributed by atoms with E-state index in [0.717, 1.165) is 32.7 Å². The number of hydrogen-bond acceptors (Lipinski definition) is 3. The molecule has 0 aliphatic heterocycles. The smallest absolute Gasteiger partial charge is 0.265 e. The Hall–Kier alpha value is -3.79. The summed E-state index contributed by atoms with van der Waals surface area (Å²) < 4.78 is 11.7. The molecular weight excluding hydrogens is 362 g/mol. The van der Waals surface area contributed by atoms with Gasteiger partial charge in [0, 0.05) is 22.5 Å². The molecule has 5 aromatic rings. The summed E-state index contributed by atoms with van der Waals surface area (Å²) in [5.74, 6) is 0.452. The van der Waals surface area contributed by atoms with Gasteiger partial charge in [0.1, 0.15) is 16.9 Å². The van der Waals surface area contributed by atoms with Gasteiger partial charge >= 0.3 is 0 Å². The summed E-state index contributed by atoms with van der Waals surface area (Å²) in [5, 5.41) is 7.21. The molecular formula is C25H19NO3. The summed E-state index contributed by atoms with van der Waals surface area (Å²) in [6.45, 7) is 1.74. The van der Waals surface area contributed by atoms with Crippen molar-refractivity contribution in [3.63, 3.8) is 0 Å². The van der Waals surface area contributed by atoms with Crippen LogP contribution in [0.5, 0.6) is 5.75 Å². The van der Waals surface area contributed by atoms with Crippen molar-refractivity contribution in [2.24, 2.45) is 0 Å². The van der Waals surface area contributed by atoms with E-state index in [1.165, 1.54) is 0 Å². The summed E-state index contributed by atoms with van der Waals surface area (Å²) in [6, 6.07) is 27.4. The van der Waals surface area contributed by atoms with Crippen molar-refractivity contribution in [3.05, 3.63) is 84.9 Å². The summed E-state index contributed by atoms with van der Waals surface area (Å²) in [7, 11) is 0. The fraction of sp³-hybridized carbons (Fsp3) is 0.0800. The molecule has 1 amide bonds. The Morgan fingerprint density at radius 3 is 2.48 bits per heavy atom. The lowest BCUT2D eigenvalue weighted by Crippen LogP contribution is -2.30. The van der Waals surface area contributed by atoms with Gasteiger partial charge in [-0.1, -0.05) is 48.5 Å². The molecule has 29 heavy (non-hydrogen) atoms. The lowest BCUT2D eigenvalue weighted by atomic mass is 10.1. The predicted octanol–water partition coefficient (Wildman–Crippen LogP) is 6.15. The highest BCUT2D eigenvalue weighted by molar-refractivity contribution is 6.06. The van der Waals surface area contributed by atoms with Gasteiger partial charge in [-0.2, -0.15) is 0 Å². The molecule has 1 aromatic heterocycles. The first-order chi connectivity index (χ1) is 14.2. The maximum atomic E-state index is 12.6. The van der Waals surface area contributed by atoms with Crippen LogP contribution in [0.3, 0.4) is 0 Å². The fourth-order valence-electron chi connectivity index (χ4n) is 3.55. The second-order valence-corrected chi connectivity index (χ2v) is 7.07. The average molecular weight is 381 g/mol. The number of carbonyl (C=O) groups excluding carboxylic acids is 1. The van der Waals surface area contributed by atoms with Gasteiger partial charge in [0.2, 0.25) is 0 Å². The average Bonchev–Trinajstić information content (AvgIpc) is 3.11. The van der Waals surface area contributed by atoms with Crippen molar-refractivity contribution < 1.29 is 13.9 Å². The number of benzene rings is 4. The molecule has 142 valence electrons. The molecule has 1 atom stereocenters. The minimum atomic E-state index is -0.637. The molecule has 0 bridgehead atoms. The van der Waals surface area contributed by atoms with Crippen molar-refractivity contribution in [1.29, 1.82) is 0 Å². The number of carbonyl (C=O) groups is 1. The molecule has 0 aliphatic carbocycles. The Bertz CT molecular complexity index is 1350. The van der Waals surface area contributed by atoms with Crippen LogP contribution in [-0.4, -0.2) is 12.0 Å². The normalized spacial score (nSPS) is 12.3. The number of amides is 1. The second kappa shape index (κ2) is 6.99. The molecule has 0 aliphatic rings. The van der Waals surface area contributed by atoms with E-state index in [0.29, 0.717) is 11.4 Å². The molecule has 1 heterocycles. The van der Waals surface area contributed by atoms with Crippen molar-refractivity contribution in [2.45, 2.75) is 13.0 Å². The van der Waals surface area contributed by atoms with Crippen LogP contribution < -0.4 is 10.1 Å². The number of ether oxygens (including phenoxy) is 1. The number of para-hydroxylation sites is 1. The molecule has 4 nitrogen and oxygen atoms in total. The molecule has 1 N–H and O–H groups in total. The largest absolute Gasteiger partial charge is 0.481 e. The van der Waals surface area contributed by atoms with Gasteiger partial charge < -0.3 is 14.5 Å². The Morgan fingerprint density at radius 2 is 1.59 bits per heavy atom. The zero-order valence-electron chi connectivity index (χ0n) is 15.9. The standard InChI is InChI=1S/C25H19NO3/c1-16(28-20-12-10-17-6-2-3-7-18(17)14-20)25(27)26-19-11-13-22-21-8-4-5-9-23(21)29-24(22)15-19/h2-16H,1H3,(H,26,27)/t16-/m0/s1. The van der Waals surface area contributed by atoms with E-state index in [2.05, 4.69) is 5.32 Å². The molecule has 0 fully saturated rings. The van der Waals surface area contributed by atoms with Crippen molar-refractivity contribution in [3.8, 4) is 5.75 Å². The maximum Gasteiger partial charge on any atom is 0.265 e. The lowest BCUT2D eigenvalue weighted by molar-refractivity contribution is -0.122.